The number of aryl methyl sites for hydroxylation is 1. The Hall–Kier alpha value is -4.00. The molecule has 0 fully saturated rings. The first kappa shape index (κ1) is 19.9. The maximum absolute atomic E-state index is 12.4. The van der Waals surface area contributed by atoms with Crippen molar-refractivity contribution in [2.24, 2.45) is 0 Å². The summed E-state index contributed by atoms with van der Waals surface area (Å²) >= 11 is 0. The Morgan fingerprint density at radius 3 is 2.69 bits per heavy atom. The maximum atomic E-state index is 12.4. The van der Waals surface area contributed by atoms with Crippen LogP contribution in [0.4, 0.5) is 5.69 Å². The molecule has 0 saturated carbocycles. The zero-order valence-electron chi connectivity index (χ0n) is 17.9. The molecule has 162 valence electrons. The number of rotatable bonds is 5. The number of carbonyl (C=O) groups is 1. The van der Waals surface area contributed by atoms with Crippen LogP contribution in [0.15, 0.2) is 54.6 Å². The predicted molar refractivity (Wildman–Crippen MR) is 123 cm³/mol. The van der Waals surface area contributed by atoms with E-state index in [4.69, 9.17) is 14.2 Å². The van der Waals surface area contributed by atoms with Crippen LogP contribution < -0.4 is 19.5 Å². The number of ether oxygens (including phenoxy) is 3. The van der Waals surface area contributed by atoms with Crippen LogP contribution in [0.3, 0.4) is 0 Å². The van der Waals surface area contributed by atoms with Crippen molar-refractivity contribution in [3.05, 3.63) is 65.7 Å². The third-order valence-electron chi connectivity index (χ3n) is 5.48. The Labute approximate surface area is 185 Å². The van der Waals surface area contributed by atoms with Gasteiger partial charge in [0.1, 0.15) is 24.8 Å². The minimum absolute atomic E-state index is 0.0648. The largest absolute Gasteiger partial charge is 0.486 e. The van der Waals surface area contributed by atoms with Crippen molar-refractivity contribution in [1.82, 2.24) is 9.97 Å². The summed E-state index contributed by atoms with van der Waals surface area (Å²) in [5, 5.41) is 2.89. The van der Waals surface area contributed by atoms with Gasteiger partial charge in [-0.15, -0.1) is 0 Å². The molecule has 2 heterocycles. The first-order chi connectivity index (χ1) is 15.6. The van der Waals surface area contributed by atoms with Gasteiger partial charge in [-0.2, -0.15) is 0 Å². The fourth-order valence-corrected chi connectivity index (χ4v) is 3.65. The van der Waals surface area contributed by atoms with Gasteiger partial charge in [0.15, 0.2) is 18.1 Å². The lowest BCUT2D eigenvalue weighted by atomic mass is 10.1. The van der Waals surface area contributed by atoms with E-state index in [9.17, 15) is 4.79 Å². The van der Waals surface area contributed by atoms with Crippen LogP contribution in [0.25, 0.3) is 22.4 Å². The van der Waals surface area contributed by atoms with Gasteiger partial charge in [-0.3, -0.25) is 4.79 Å². The van der Waals surface area contributed by atoms with E-state index in [0.29, 0.717) is 42.0 Å². The average Bonchev–Trinajstić information content (AvgIpc) is 3.21. The van der Waals surface area contributed by atoms with E-state index in [2.05, 4.69) is 15.3 Å². The quantitative estimate of drug-likeness (QED) is 0.483. The Kier molecular flexibility index (Phi) is 5.15. The van der Waals surface area contributed by atoms with Crippen LogP contribution in [0, 0.1) is 13.8 Å². The number of nitrogens with one attached hydrogen (secondary N) is 2. The lowest BCUT2D eigenvalue weighted by Crippen LogP contribution is -2.20. The smallest absolute Gasteiger partial charge is 0.262 e. The molecule has 1 aromatic heterocycles. The highest BCUT2D eigenvalue weighted by atomic mass is 16.6. The SMILES string of the molecule is Cc1cccc(OCC(=O)Nc2cccc(-c3nc4cc5c(cc4[nH]3)OCCO5)c2)c1C. The number of imidazole rings is 1. The molecule has 0 saturated heterocycles. The van der Waals surface area contributed by atoms with Crippen molar-refractivity contribution >= 4 is 22.6 Å². The molecule has 0 spiro atoms. The summed E-state index contributed by atoms with van der Waals surface area (Å²) in [4.78, 5) is 20.4. The summed E-state index contributed by atoms with van der Waals surface area (Å²) in [5.74, 6) is 2.60. The monoisotopic (exact) mass is 429 g/mol. The summed E-state index contributed by atoms with van der Waals surface area (Å²) in [6.07, 6.45) is 0. The Bertz CT molecular complexity index is 1270. The van der Waals surface area contributed by atoms with Gasteiger partial charge in [0.2, 0.25) is 0 Å². The fourth-order valence-electron chi connectivity index (χ4n) is 3.65. The highest BCUT2D eigenvalue weighted by Crippen LogP contribution is 2.35. The van der Waals surface area contributed by atoms with Gasteiger partial charge in [0, 0.05) is 23.4 Å². The molecule has 3 aromatic carbocycles. The topological polar surface area (TPSA) is 85.5 Å². The summed E-state index contributed by atoms with van der Waals surface area (Å²) in [5.41, 5.74) is 5.34. The van der Waals surface area contributed by atoms with Gasteiger partial charge < -0.3 is 24.5 Å². The number of benzene rings is 3. The molecule has 0 atom stereocenters. The Balaban J connectivity index is 1.31. The molecular weight excluding hydrogens is 406 g/mol. The van der Waals surface area contributed by atoms with E-state index in [1.807, 2.05) is 68.4 Å². The van der Waals surface area contributed by atoms with E-state index < -0.39 is 0 Å². The maximum Gasteiger partial charge on any atom is 0.262 e. The molecule has 7 heteroatoms. The molecule has 0 unspecified atom stereocenters. The van der Waals surface area contributed by atoms with Crippen molar-refractivity contribution in [3.63, 3.8) is 0 Å². The van der Waals surface area contributed by atoms with Crippen LogP contribution in [-0.2, 0) is 4.79 Å². The summed E-state index contributed by atoms with van der Waals surface area (Å²) in [7, 11) is 0. The number of aromatic amines is 1. The number of nitrogens with zero attached hydrogens (tertiary/aromatic N) is 1. The number of hydrogen-bond donors (Lipinski definition) is 2. The van der Waals surface area contributed by atoms with E-state index in [0.717, 1.165) is 27.7 Å². The second-order valence-corrected chi connectivity index (χ2v) is 7.71. The van der Waals surface area contributed by atoms with Gasteiger partial charge in [-0.25, -0.2) is 4.98 Å². The summed E-state index contributed by atoms with van der Waals surface area (Å²) in [6.45, 7) is 5.00. The van der Waals surface area contributed by atoms with E-state index in [1.54, 1.807) is 0 Å². The third-order valence-corrected chi connectivity index (χ3v) is 5.48. The predicted octanol–water partition coefficient (Wildman–Crippen LogP) is 4.64. The van der Waals surface area contributed by atoms with E-state index in [-0.39, 0.29) is 12.5 Å². The van der Waals surface area contributed by atoms with Crippen molar-refractivity contribution in [1.29, 1.82) is 0 Å². The molecule has 2 N–H and O–H groups in total. The van der Waals surface area contributed by atoms with Crippen molar-refractivity contribution in [2.75, 3.05) is 25.1 Å². The number of hydrogen-bond acceptors (Lipinski definition) is 5. The van der Waals surface area contributed by atoms with E-state index in [1.165, 1.54) is 0 Å². The van der Waals surface area contributed by atoms with Gasteiger partial charge in [0.25, 0.3) is 5.91 Å². The van der Waals surface area contributed by atoms with Crippen LogP contribution in [-0.4, -0.2) is 35.7 Å². The number of carbonyl (C=O) groups excluding carboxylic acids is 1. The standard InChI is InChI=1S/C25H23N3O4/c1-15-5-3-8-21(16(15)2)32-14-24(29)26-18-7-4-6-17(11-18)25-27-19-12-22-23(13-20(19)28-25)31-10-9-30-22/h3-8,11-13H,9-10,14H2,1-2H3,(H,26,29)(H,27,28). The minimum Gasteiger partial charge on any atom is -0.486 e. The van der Waals surface area contributed by atoms with Crippen LogP contribution in [0.5, 0.6) is 17.2 Å². The zero-order valence-corrected chi connectivity index (χ0v) is 17.9. The van der Waals surface area contributed by atoms with Gasteiger partial charge in [0.05, 0.1) is 11.0 Å². The second kappa shape index (κ2) is 8.26. The lowest BCUT2D eigenvalue weighted by molar-refractivity contribution is -0.118. The fraction of sp³-hybridized carbons (Fsp3) is 0.200. The normalized spacial score (nSPS) is 12.6. The molecule has 1 aliphatic rings. The van der Waals surface area contributed by atoms with Crippen molar-refractivity contribution in [2.45, 2.75) is 13.8 Å². The van der Waals surface area contributed by atoms with Crippen molar-refractivity contribution < 1.29 is 19.0 Å². The molecule has 1 aliphatic heterocycles. The van der Waals surface area contributed by atoms with Gasteiger partial charge in [-0.1, -0.05) is 24.3 Å². The van der Waals surface area contributed by atoms with Gasteiger partial charge in [-0.05, 0) is 43.2 Å². The van der Waals surface area contributed by atoms with Crippen LogP contribution in [0.2, 0.25) is 0 Å². The molecule has 32 heavy (non-hydrogen) atoms. The summed E-state index contributed by atoms with van der Waals surface area (Å²) < 4.78 is 17.0. The zero-order chi connectivity index (χ0) is 22.1. The third kappa shape index (κ3) is 3.97. The molecule has 5 rings (SSSR count). The number of anilines is 1. The molecule has 1 amide bonds. The molecule has 0 aliphatic carbocycles. The molecule has 0 bridgehead atoms. The highest BCUT2D eigenvalue weighted by molar-refractivity contribution is 5.92. The van der Waals surface area contributed by atoms with Crippen molar-refractivity contribution in [3.8, 4) is 28.6 Å². The molecule has 7 nitrogen and oxygen atoms in total. The first-order valence-corrected chi connectivity index (χ1v) is 10.5. The van der Waals surface area contributed by atoms with E-state index >= 15 is 0 Å². The average molecular weight is 429 g/mol. The van der Waals surface area contributed by atoms with Gasteiger partial charge >= 0.3 is 0 Å². The molecular formula is C25H23N3O4. The number of aromatic nitrogens is 2. The second-order valence-electron chi connectivity index (χ2n) is 7.71. The Morgan fingerprint density at radius 2 is 1.84 bits per heavy atom. The minimum atomic E-state index is -0.227. The lowest BCUT2D eigenvalue weighted by Gasteiger charge is -2.17. The number of fused-ring (bicyclic) bond motifs is 2. The molecule has 0 radical (unpaired) electrons. The summed E-state index contributed by atoms with van der Waals surface area (Å²) in [6, 6.07) is 17.1. The first-order valence-electron chi connectivity index (χ1n) is 10.5. The Morgan fingerprint density at radius 1 is 1.06 bits per heavy atom. The number of H-pyrrole nitrogens is 1. The van der Waals surface area contributed by atoms with Crippen LogP contribution in [0.1, 0.15) is 11.1 Å². The highest BCUT2D eigenvalue weighted by Gasteiger charge is 2.16. The number of amides is 1. The van der Waals surface area contributed by atoms with Crippen LogP contribution >= 0.6 is 0 Å². The molecule has 4 aromatic rings.